The molecule has 0 saturated carbocycles. The molecule has 0 bridgehead atoms. The van der Waals surface area contributed by atoms with Crippen molar-refractivity contribution < 1.29 is 12.6 Å². The third-order valence-electron chi connectivity index (χ3n) is 6.26. The minimum atomic E-state index is -3.31. The van der Waals surface area contributed by atoms with Crippen LogP contribution in [0.3, 0.4) is 0 Å². The molecule has 0 fully saturated rings. The first-order chi connectivity index (χ1) is 15.1. The summed E-state index contributed by atoms with van der Waals surface area (Å²) in [5.41, 5.74) is 0. The van der Waals surface area contributed by atoms with Gasteiger partial charge in [0.1, 0.15) is 0 Å². The maximum atomic E-state index is 12.0. The third kappa shape index (κ3) is 26.0. The van der Waals surface area contributed by atoms with Crippen LogP contribution in [0.15, 0.2) is 0 Å². The average molecular weight is 461 g/mol. The van der Waals surface area contributed by atoms with Crippen LogP contribution in [0.1, 0.15) is 162 Å². The highest BCUT2D eigenvalue weighted by Crippen LogP contribution is 2.14. The SMILES string of the molecule is CCCCCCCCCCCCCCCOS(=O)(=O)CCCCCCCCCCCC. The fraction of sp³-hybridized carbons (Fsp3) is 1.00. The lowest BCUT2D eigenvalue weighted by Crippen LogP contribution is -2.11. The van der Waals surface area contributed by atoms with E-state index in [1.165, 1.54) is 116 Å². The monoisotopic (exact) mass is 460 g/mol. The van der Waals surface area contributed by atoms with Gasteiger partial charge in [0.2, 0.25) is 0 Å². The summed E-state index contributed by atoms with van der Waals surface area (Å²) in [6.45, 7) is 4.89. The van der Waals surface area contributed by atoms with Gasteiger partial charge in [0.05, 0.1) is 12.4 Å². The highest BCUT2D eigenvalue weighted by atomic mass is 32.2. The fourth-order valence-corrected chi connectivity index (χ4v) is 5.18. The maximum Gasteiger partial charge on any atom is 0.267 e. The second-order valence-electron chi connectivity index (χ2n) is 9.51. The molecule has 188 valence electrons. The molecule has 0 aromatic rings. The molecule has 0 spiro atoms. The van der Waals surface area contributed by atoms with Gasteiger partial charge in [-0.15, -0.1) is 0 Å². The summed E-state index contributed by atoms with van der Waals surface area (Å²) in [5.74, 6) is 0.196. The van der Waals surface area contributed by atoms with Crippen molar-refractivity contribution in [2.24, 2.45) is 0 Å². The molecule has 0 unspecified atom stereocenters. The molecular weight excluding hydrogens is 404 g/mol. The second kappa shape index (κ2) is 24.6. The number of unbranched alkanes of at least 4 members (excludes halogenated alkanes) is 21. The highest BCUT2D eigenvalue weighted by molar-refractivity contribution is 7.86. The van der Waals surface area contributed by atoms with Gasteiger partial charge in [0.25, 0.3) is 10.1 Å². The molecule has 0 N–H and O–H groups in total. The number of rotatable bonds is 26. The standard InChI is InChI=1S/C27H56O3S/c1-3-5-7-9-11-13-15-16-17-18-20-22-24-26-30-31(28,29)27-25-23-21-19-14-12-10-8-6-4-2/h3-27H2,1-2H3. The van der Waals surface area contributed by atoms with Crippen LogP contribution in [-0.4, -0.2) is 20.8 Å². The van der Waals surface area contributed by atoms with Gasteiger partial charge in [-0.1, -0.05) is 149 Å². The molecule has 0 saturated heterocycles. The van der Waals surface area contributed by atoms with Crippen LogP contribution in [0.2, 0.25) is 0 Å². The lowest BCUT2D eigenvalue weighted by atomic mass is 10.0. The zero-order valence-corrected chi connectivity index (χ0v) is 22.1. The summed E-state index contributed by atoms with van der Waals surface area (Å²) >= 11 is 0. The fourth-order valence-electron chi connectivity index (χ4n) is 4.13. The van der Waals surface area contributed by atoms with E-state index in [9.17, 15) is 8.42 Å². The van der Waals surface area contributed by atoms with Crippen LogP contribution in [0.5, 0.6) is 0 Å². The van der Waals surface area contributed by atoms with Gasteiger partial charge in [0, 0.05) is 0 Å². The number of hydrogen-bond acceptors (Lipinski definition) is 3. The molecular formula is C27H56O3S. The van der Waals surface area contributed by atoms with Crippen LogP contribution < -0.4 is 0 Å². The Balaban J connectivity index is 3.30. The Labute approximate surface area is 196 Å². The minimum Gasteiger partial charge on any atom is -0.270 e. The predicted molar refractivity (Wildman–Crippen MR) is 137 cm³/mol. The Morgan fingerprint density at radius 2 is 0.710 bits per heavy atom. The lowest BCUT2D eigenvalue weighted by molar-refractivity contribution is 0.305. The first-order valence-electron chi connectivity index (χ1n) is 14.0. The van der Waals surface area contributed by atoms with E-state index in [0.717, 1.165) is 32.1 Å². The largest absolute Gasteiger partial charge is 0.270 e. The summed E-state index contributed by atoms with van der Waals surface area (Å²) in [6.07, 6.45) is 29.0. The normalized spacial score (nSPS) is 11.9. The van der Waals surface area contributed by atoms with E-state index in [1.54, 1.807) is 0 Å². The van der Waals surface area contributed by atoms with Crippen molar-refractivity contribution in [1.82, 2.24) is 0 Å². The summed E-state index contributed by atoms with van der Waals surface area (Å²) < 4.78 is 29.1. The van der Waals surface area contributed by atoms with Crippen LogP contribution in [0.25, 0.3) is 0 Å². The van der Waals surface area contributed by atoms with E-state index in [-0.39, 0.29) is 5.75 Å². The Bertz CT molecular complexity index is 434. The third-order valence-corrected chi connectivity index (χ3v) is 7.57. The molecule has 0 aliphatic rings. The Kier molecular flexibility index (Phi) is 24.5. The molecule has 0 aromatic carbocycles. The van der Waals surface area contributed by atoms with E-state index in [4.69, 9.17) is 4.18 Å². The zero-order chi connectivity index (χ0) is 22.9. The first kappa shape index (κ1) is 30.9. The Morgan fingerprint density at radius 1 is 0.419 bits per heavy atom. The molecule has 0 amide bonds. The second-order valence-corrected chi connectivity index (χ2v) is 11.3. The van der Waals surface area contributed by atoms with Crippen LogP contribution in [-0.2, 0) is 14.3 Å². The van der Waals surface area contributed by atoms with Gasteiger partial charge in [-0.2, -0.15) is 8.42 Å². The Hall–Kier alpha value is -0.0900. The molecule has 0 radical (unpaired) electrons. The van der Waals surface area contributed by atoms with Crippen molar-refractivity contribution in [3.05, 3.63) is 0 Å². The predicted octanol–water partition coefficient (Wildman–Crippen LogP) is 9.34. The van der Waals surface area contributed by atoms with E-state index in [1.807, 2.05) is 0 Å². The van der Waals surface area contributed by atoms with Crippen molar-refractivity contribution >= 4 is 10.1 Å². The van der Waals surface area contributed by atoms with E-state index in [0.29, 0.717) is 6.61 Å². The van der Waals surface area contributed by atoms with Gasteiger partial charge in [-0.05, 0) is 12.8 Å². The van der Waals surface area contributed by atoms with Gasteiger partial charge in [-0.25, -0.2) is 0 Å². The summed E-state index contributed by atoms with van der Waals surface area (Å²) in [5, 5.41) is 0. The van der Waals surface area contributed by atoms with Crippen molar-refractivity contribution in [3.8, 4) is 0 Å². The van der Waals surface area contributed by atoms with Crippen molar-refractivity contribution in [2.45, 2.75) is 162 Å². The quantitative estimate of drug-likeness (QED) is 0.0953. The maximum absolute atomic E-state index is 12.0. The topological polar surface area (TPSA) is 43.4 Å². The van der Waals surface area contributed by atoms with Crippen LogP contribution >= 0.6 is 0 Å². The summed E-state index contributed by atoms with van der Waals surface area (Å²) in [6, 6.07) is 0. The molecule has 0 heterocycles. The molecule has 4 heteroatoms. The molecule has 31 heavy (non-hydrogen) atoms. The summed E-state index contributed by atoms with van der Waals surface area (Å²) in [4.78, 5) is 0. The molecule has 3 nitrogen and oxygen atoms in total. The lowest BCUT2D eigenvalue weighted by Gasteiger charge is -2.06. The first-order valence-corrected chi connectivity index (χ1v) is 15.6. The average Bonchev–Trinajstić information content (AvgIpc) is 2.75. The number of hydrogen-bond donors (Lipinski definition) is 0. The molecule has 0 rings (SSSR count). The molecule has 0 aliphatic heterocycles. The van der Waals surface area contributed by atoms with Gasteiger partial charge in [-0.3, -0.25) is 4.18 Å². The Morgan fingerprint density at radius 3 is 1.06 bits per heavy atom. The summed E-state index contributed by atoms with van der Waals surface area (Å²) in [7, 11) is -3.31. The molecule has 0 aromatic heterocycles. The molecule has 0 atom stereocenters. The van der Waals surface area contributed by atoms with E-state index >= 15 is 0 Å². The molecule has 0 aliphatic carbocycles. The van der Waals surface area contributed by atoms with Crippen molar-refractivity contribution in [3.63, 3.8) is 0 Å². The van der Waals surface area contributed by atoms with Crippen LogP contribution in [0.4, 0.5) is 0 Å². The zero-order valence-electron chi connectivity index (χ0n) is 21.3. The van der Waals surface area contributed by atoms with Crippen molar-refractivity contribution in [2.75, 3.05) is 12.4 Å². The van der Waals surface area contributed by atoms with Crippen molar-refractivity contribution in [1.29, 1.82) is 0 Å². The van der Waals surface area contributed by atoms with Gasteiger partial charge >= 0.3 is 0 Å². The van der Waals surface area contributed by atoms with E-state index < -0.39 is 10.1 Å². The van der Waals surface area contributed by atoms with Gasteiger partial charge in [0.15, 0.2) is 0 Å². The minimum absolute atomic E-state index is 0.196. The van der Waals surface area contributed by atoms with Crippen LogP contribution in [0, 0.1) is 0 Å². The smallest absolute Gasteiger partial charge is 0.267 e. The highest BCUT2D eigenvalue weighted by Gasteiger charge is 2.10. The van der Waals surface area contributed by atoms with Gasteiger partial charge < -0.3 is 0 Å². The van der Waals surface area contributed by atoms with E-state index in [2.05, 4.69) is 13.8 Å².